The molecule has 1 amide bonds. The quantitative estimate of drug-likeness (QED) is 0.220. The highest BCUT2D eigenvalue weighted by molar-refractivity contribution is 5.73. The number of aliphatic hydroxyl groups excluding tert-OH is 2. The van der Waals surface area contributed by atoms with Gasteiger partial charge in [-0.05, 0) is 136 Å². The molecule has 0 radical (unpaired) electrons. The molecule has 0 aromatic carbocycles. The van der Waals surface area contributed by atoms with Crippen LogP contribution in [0, 0.1) is 52.3 Å². The average molecular weight is 578 g/mol. The molecular weight excluding hydrogens is 514 g/mol. The summed E-state index contributed by atoms with van der Waals surface area (Å²) >= 11 is 0. The molecule has 0 aromatic heterocycles. The summed E-state index contributed by atoms with van der Waals surface area (Å²) in [6, 6.07) is 0. The van der Waals surface area contributed by atoms with Crippen molar-refractivity contribution in [3.8, 4) is 0 Å². The lowest BCUT2D eigenvalue weighted by molar-refractivity contribution is -0.212. The van der Waals surface area contributed by atoms with Gasteiger partial charge in [0.25, 0.3) is 0 Å². The molecule has 238 valence electrons. The fourth-order valence-electron chi connectivity index (χ4n) is 10.9. The third-order valence-electron chi connectivity index (χ3n) is 14.3. The second-order valence-corrected chi connectivity index (χ2v) is 15.7. The standard InChI is InChI=1S/C35H63NO5/c1-8-33(6,41-18-17-35(40,9-2)10-3)23-15-16-32(5)24(19-23)20-28(37)31-26-13-12-25(22(4)11-14-30(36)39)34(26,7)29(38)21-27(31)32/h22-29,31,37-38,40H,8-21H2,1-7H3,(H2,36,39). The Balaban J connectivity index is 1.49. The first kappa shape index (κ1) is 33.2. The summed E-state index contributed by atoms with van der Waals surface area (Å²) in [5.74, 6) is 2.21. The van der Waals surface area contributed by atoms with Crippen LogP contribution in [0.15, 0.2) is 0 Å². The van der Waals surface area contributed by atoms with Crippen LogP contribution in [0.3, 0.4) is 0 Å². The van der Waals surface area contributed by atoms with Crippen molar-refractivity contribution in [2.45, 2.75) is 155 Å². The van der Waals surface area contributed by atoms with Crippen molar-refractivity contribution < 1.29 is 24.9 Å². The van der Waals surface area contributed by atoms with Crippen molar-refractivity contribution in [3.05, 3.63) is 0 Å². The summed E-state index contributed by atoms with van der Waals surface area (Å²) in [5.41, 5.74) is 4.51. The van der Waals surface area contributed by atoms with Gasteiger partial charge in [-0.1, -0.05) is 41.5 Å². The molecule has 12 unspecified atom stereocenters. The van der Waals surface area contributed by atoms with Gasteiger partial charge in [0.1, 0.15) is 0 Å². The zero-order valence-electron chi connectivity index (χ0n) is 27.3. The van der Waals surface area contributed by atoms with E-state index in [0.29, 0.717) is 55.0 Å². The van der Waals surface area contributed by atoms with Crippen LogP contribution >= 0.6 is 0 Å². The Morgan fingerprint density at radius 1 is 1.02 bits per heavy atom. The number of carbonyl (C=O) groups excluding carboxylic acids is 1. The van der Waals surface area contributed by atoms with Gasteiger partial charge in [-0.25, -0.2) is 0 Å². The van der Waals surface area contributed by atoms with Crippen molar-refractivity contribution >= 4 is 5.91 Å². The summed E-state index contributed by atoms with van der Waals surface area (Å²) in [4.78, 5) is 11.5. The van der Waals surface area contributed by atoms with Gasteiger partial charge in [0, 0.05) is 6.42 Å². The highest BCUT2D eigenvalue weighted by Crippen LogP contribution is 2.69. The van der Waals surface area contributed by atoms with Gasteiger partial charge in [0.2, 0.25) is 5.91 Å². The van der Waals surface area contributed by atoms with Crippen LogP contribution in [0.1, 0.15) is 132 Å². The number of carbonyl (C=O) groups is 1. The fraction of sp³-hybridized carbons (Fsp3) is 0.971. The lowest BCUT2D eigenvalue weighted by Crippen LogP contribution is -2.62. The predicted molar refractivity (Wildman–Crippen MR) is 164 cm³/mol. The lowest BCUT2D eigenvalue weighted by atomic mass is 9.42. The lowest BCUT2D eigenvalue weighted by Gasteiger charge is -2.64. The number of hydrogen-bond acceptors (Lipinski definition) is 5. The molecule has 4 fully saturated rings. The van der Waals surface area contributed by atoms with Gasteiger partial charge < -0.3 is 25.8 Å². The number of amides is 1. The van der Waals surface area contributed by atoms with Crippen molar-refractivity contribution in [2.75, 3.05) is 6.61 Å². The van der Waals surface area contributed by atoms with Gasteiger partial charge in [-0.3, -0.25) is 4.79 Å². The molecule has 6 heteroatoms. The molecule has 6 nitrogen and oxygen atoms in total. The Hall–Kier alpha value is -0.690. The van der Waals surface area contributed by atoms with Gasteiger partial charge in [0.05, 0.1) is 30.0 Å². The Morgan fingerprint density at radius 3 is 2.32 bits per heavy atom. The summed E-state index contributed by atoms with van der Waals surface area (Å²) in [6.07, 6.45) is 10.7. The number of ether oxygens (including phenoxy) is 1. The normalized spacial score (nSPS) is 43.0. The molecule has 0 aromatic rings. The van der Waals surface area contributed by atoms with Crippen LogP contribution in [0.5, 0.6) is 0 Å². The molecule has 5 N–H and O–H groups in total. The van der Waals surface area contributed by atoms with Gasteiger partial charge >= 0.3 is 0 Å². The second-order valence-electron chi connectivity index (χ2n) is 15.7. The summed E-state index contributed by atoms with van der Waals surface area (Å²) in [7, 11) is 0. The number of aliphatic hydroxyl groups is 3. The van der Waals surface area contributed by atoms with Crippen LogP contribution in [-0.4, -0.2) is 51.2 Å². The van der Waals surface area contributed by atoms with Crippen molar-refractivity contribution in [3.63, 3.8) is 0 Å². The predicted octanol–water partition coefficient (Wildman–Crippen LogP) is 6.23. The van der Waals surface area contributed by atoms with E-state index in [2.05, 4.69) is 34.6 Å². The number of fused-ring (bicyclic) bond motifs is 5. The highest BCUT2D eigenvalue weighted by atomic mass is 16.5. The van der Waals surface area contributed by atoms with Crippen LogP contribution in [-0.2, 0) is 9.53 Å². The maximum Gasteiger partial charge on any atom is 0.217 e. The maximum absolute atomic E-state index is 11.9. The van der Waals surface area contributed by atoms with Crippen molar-refractivity contribution in [2.24, 2.45) is 58.0 Å². The summed E-state index contributed by atoms with van der Waals surface area (Å²) < 4.78 is 6.63. The third kappa shape index (κ3) is 5.90. The van der Waals surface area contributed by atoms with Crippen LogP contribution in [0.2, 0.25) is 0 Å². The average Bonchev–Trinajstić information content (AvgIpc) is 3.30. The van der Waals surface area contributed by atoms with Gasteiger partial charge in [0.15, 0.2) is 0 Å². The minimum absolute atomic E-state index is 0.123. The first-order valence-corrected chi connectivity index (χ1v) is 17.2. The molecule has 0 bridgehead atoms. The highest BCUT2D eigenvalue weighted by Gasteiger charge is 2.66. The summed E-state index contributed by atoms with van der Waals surface area (Å²) in [6.45, 7) is 16.2. The van der Waals surface area contributed by atoms with E-state index in [9.17, 15) is 20.1 Å². The minimum atomic E-state index is -0.641. The molecule has 4 rings (SSSR count). The monoisotopic (exact) mass is 577 g/mol. The Morgan fingerprint density at radius 2 is 1.71 bits per heavy atom. The van der Waals surface area contributed by atoms with Gasteiger partial charge in [-0.2, -0.15) is 0 Å². The van der Waals surface area contributed by atoms with Crippen LogP contribution in [0.25, 0.3) is 0 Å². The zero-order chi connectivity index (χ0) is 30.4. The van der Waals surface area contributed by atoms with E-state index in [0.717, 1.165) is 70.6 Å². The Labute approximate surface area is 250 Å². The van der Waals surface area contributed by atoms with E-state index >= 15 is 0 Å². The topological polar surface area (TPSA) is 113 Å². The smallest absolute Gasteiger partial charge is 0.217 e. The van der Waals surface area contributed by atoms with Gasteiger partial charge in [-0.15, -0.1) is 0 Å². The number of hydrogen-bond donors (Lipinski definition) is 4. The molecule has 12 atom stereocenters. The zero-order valence-corrected chi connectivity index (χ0v) is 27.3. The molecule has 4 aliphatic carbocycles. The number of rotatable bonds is 12. The molecule has 0 aliphatic heterocycles. The number of nitrogens with two attached hydrogens (primary N) is 1. The van der Waals surface area contributed by atoms with E-state index in [4.69, 9.17) is 10.5 Å². The molecule has 4 saturated carbocycles. The largest absolute Gasteiger partial charge is 0.393 e. The first-order valence-electron chi connectivity index (χ1n) is 17.2. The van der Waals surface area contributed by atoms with E-state index in [1.165, 1.54) is 0 Å². The molecule has 0 saturated heterocycles. The van der Waals surface area contributed by atoms with E-state index in [1.807, 2.05) is 13.8 Å². The Kier molecular flexibility index (Phi) is 10.0. The number of primary amides is 1. The summed E-state index contributed by atoms with van der Waals surface area (Å²) in [5, 5.41) is 34.5. The molecule has 0 spiro atoms. The maximum atomic E-state index is 11.9. The minimum Gasteiger partial charge on any atom is -0.393 e. The molecule has 4 aliphatic rings. The van der Waals surface area contributed by atoms with E-state index in [1.54, 1.807) is 0 Å². The second kappa shape index (κ2) is 12.4. The third-order valence-corrected chi connectivity index (χ3v) is 14.3. The fourth-order valence-corrected chi connectivity index (χ4v) is 10.9. The molecular formula is C35H63NO5. The first-order chi connectivity index (χ1) is 19.2. The van der Waals surface area contributed by atoms with Crippen molar-refractivity contribution in [1.29, 1.82) is 0 Å². The van der Waals surface area contributed by atoms with E-state index < -0.39 is 5.60 Å². The van der Waals surface area contributed by atoms with Crippen LogP contribution < -0.4 is 5.73 Å². The van der Waals surface area contributed by atoms with Crippen LogP contribution in [0.4, 0.5) is 0 Å². The molecule has 41 heavy (non-hydrogen) atoms. The Bertz CT molecular complexity index is 907. The molecule has 0 heterocycles. The SMILES string of the molecule is CCC(O)(CC)CCOC(C)(CC)C1CCC2(C)C(CC(O)C3C2CC(O)C2(C)C(C(C)CCC(N)=O)CCC32)C1. The van der Waals surface area contributed by atoms with Crippen molar-refractivity contribution in [1.82, 2.24) is 0 Å². The van der Waals surface area contributed by atoms with E-state index in [-0.39, 0.29) is 40.5 Å².